The summed E-state index contributed by atoms with van der Waals surface area (Å²) < 4.78 is 0. The number of rotatable bonds is 5. The van der Waals surface area contributed by atoms with Gasteiger partial charge in [-0.05, 0) is 36.5 Å². The van der Waals surface area contributed by atoms with Crippen molar-refractivity contribution in [3.63, 3.8) is 0 Å². The maximum absolute atomic E-state index is 6.03. The van der Waals surface area contributed by atoms with Gasteiger partial charge in [0.15, 0.2) is 0 Å². The van der Waals surface area contributed by atoms with Gasteiger partial charge in [-0.3, -0.25) is 0 Å². The summed E-state index contributed by atoms with van der Waals surface area (Å²) in [5.74, 6) is 0. The van der Waals surface area contributed by atoms with Crippen LogP contribution in [0.5, 0.6) is 0 Å². The molecule has 0 aliphatic carbocycles. The van der Waals surface area contributed by atoms with Crippen molar-refractivity contribution < 1.29 is 0 Å². The molecule has 2 N–H and O–H groups in total. The molecule has 18 heavy (non-hydrogen) atoms. The second-order valence-electron chi connectivity index (χ2n) is 3.77. The average molecular weight is 259 g/mol. The maximum Gasteiger partial charge on any atom is 0.0637 e. The molecule has 0 aromatic heterocycles. The minimum atomic E-state index is 0.726. The number of halogens is 1. The Bertz CT molecular complexity index is 509. The van der Waals surface area contributed by atoms with E-state index < -0.39 is 0 Å². The van der Waals surface area contributed by atoms with Crippen LogP contribution in [0.4, 0.5) is 11.4 Å². The topological polar surface area (TPSA) is 24.1 Å². The van der Waals surface area contributed by atoms with Crippen LogP contribution in [0.15, 0.2) is 66.9 Å². The van der Waals surface area contributed by atoms with E-state index in [2.05, 4.69) is 10.6 Å². The van der Waals surface area contributed by atoms with Crippen LogP contribution >= 0.6 is 11.6 Å². The Morgan fingerprint density at radius 1 is 0.944 bits per heavy atom. The van der Waals surface area contributed by atoms with E-state index in [0.717, 1.165) is 22.9 Å². The number of hydrogen-bond donors (Lipinski definition) is 2. The largest absolute Gasteiger partial charge is 0.380 e. The van der Waals surface area contributed by atoms with Crippen molar-refractivity contribution in [2.75, 3.05) is 17.2 Å². The number of benzene rings is 2. The molecule has 0 fully saturated rings. The first-order chi connectivity index (χ1) is 8.86. The third kappa shape index (κ3) is 3.82. The monoisotopic (exact) mass is 258 g/mol. The molecule has 0 saturated heterocycles. The fourth-order valence-corrected chi connectivity index (χ4v) is 1.72. The van der Waals surface area contributed by atoms with Gasteiger partial charge in [-0.15, -0.1) is 0 Å². The van der Waals surface area contributed by atoms with Crippen LogP contribution in [-0.4, -0.2) is 6.54 Å². The fourth-order valence-electron chi connectivity index (χ4n) is 1.52. The third-order valence-corrected chi connectivity index (χ3v) is 2.76. The Morgan fingerprint density at radius 2 is 1.67 bits per heavy atom. The Balaban J connectivity index is 1.77. The van der Waals surface area contributed by atoms with Crippen molar-refractivity contribution in [2.45, 2.75) is 0 Å². The van der Waals surface area contributed by atoms with E-state index in [1.165, 1.54) is 0 Å². The molecule has 0 spiro atoms. The van der Waals surface area contributed by atoms with Crippen LogP contribution in [0.25, 0.3) is 0 Å². The van der Waals surface area contributed by atoms with Crippen molar-refractivity contribution in [1.82, 2.24) is 0 Å². The molecule has 0 saturated carbocycles. The summed E-state index contributed by atoms with van der Waals surface area (Å²) in [5.41, 5.74) is 2.02. The van der Waals surface area contributed by atoms with Gasteiger partial charge in [0.05, 0.1) is 10.7 Å². The third-order valence-electron chi connectivity index (χ3n) is 2.43. The van der Waals surface area contributed by atoms with Gasteiger partial charge in [0, 0.05) is 12.2 Å². The first-order valence-corrected chi connectivity index (χ1v) is 6.19. The van der Waals surface area contributed by atoms with Gasteiger partial charge >= 0.3 is 0 Å². The first kappa shape index (κ1) is 12.5. The van der Waals surface area contributed by atoms with Gasteiger partial charge in [0.25, 0.3) is 0 Å². The van der Waals surface area contributed by atoms with E-state index in [4.69, 9.17) is 11.6 Å². The summed E-state index contributed by atoms with van der Waals surface area (Å²) in [6, 6.07) is 17.7. The quantitative estimate of drug-likeness (QED) is 0.832. The second-order valence-corrected chi connectivity index (χ2v) is 4.18. The lowest BCUT2D eigenvalue weighted by Crippen LogP contribution is -1.99. The van der Waals surface area contributed by atoms with Crippen molar-refractivity contribution in [3.8, 4) is 0 Å². The predicted octanol–water partition coefficient (Wildman–Crippen LogP) is 4.38. The summed E-state index contributed by atoms with van der Waals surface area (Å²) in [5, 5.41) is 7.17. The van der Waals surface area contributed by atoms with Gasteiger partial charge in [-0.2, -0.15) is 0 Å². The second kappa shape index (κ2) is 6.72. The highest BCUT2D eigenvalue weighted by Crippen LogP contribution is 2.19. The van der Waals surface area contributed by atoms with E-state index in [0.29, 0.717) is 0 Å². The molecule has 0 radical (unpaired) electrons. The zero-order valence-corrected chi connectivity index (χ0v) is 10.7. The van der Waals surface area contributed by atoms with E-state index in [1.54, 1.807) is 0 Å². The normalized spacial score (nSPS) is 10.5. The zero-order chi connectivity index (χ0) is 12.6. The van der Waals surface area contributed by atoms with Crippen LogP contribution in [0.3, 0.4) is 0 Å². The fraction of sp³-hybridized carbons (Fsp3) is 0.0667. The highest BCUT2D eigenvalue weighted by molar-refractivity contribution is 6.33. The average Bonchev–Trinajstić information content (AvgIpc) is 2.42. The number of hydrogen-bond acceptors (Lipinski definition) is 2. The molecule has 0 bridgehead atoms. The van der Waals surface area contributed by atoms with Crippen molar-refractivity contribution in [2.24, 2.45) is 0 Å². The molecule has 0 aliphatic heterocycles. The van der Waals surface area contributed by atoms with Crippen molar-refractivity contribution >= 4 is 23.0 Å². The summed E-state index contributed by atoms with van der Waals surface area (Å²) in [7, 11) is 0. The Labute approximate surface area is 112 Å². The van der Waals surface area contributed by atoms with Crippen LogP contribution in [0.1, 0.15) is 0 Å². The summed E-state index contributed by atoms with van der Waals surface area (Å²) in [4.78, 5) is 0. The van der Waals surface area contributed by atoms with E-state index in [1.807, 2.05) is 66.9 Å². The molecule has 2 rings (SSSR count). The Kier molecular flexibility index (Phi) is 4.68. The molecule has 0 heterocycles. The molecule has 2 aromatic carbocycles. The van der Waals surface area contributed by atoms with Gasteiger partial charge in [-0.1, -0.05) is 41.9 Å². The number of anilines is 2. The predicted molar refractivity (Wildman–Crippen MR) is 79.1 cm³/mol. The van der Waals surface area contributed by atoms with E-state index in [9.17, 15) is 0 Å². The molecule has 0 aliphatic rings. The summed E-state index contributed by atoms with van der Waals surface area (Å²) in [6.45, 7) is 0.726. The summed E-state index contributed by atoms with van der Waals surface area (Å²) in [6.07, 6.45) is 3.93. The first-order valence-electron chi connectivity index (χ1n) is 5.81. The summed E-state index contributed by atoms with van der Waals surface area (Å²) >= 11 is 6.03. The van der Waals surface area contributed by atoms with Crippen LogP contribution in [0.2, 0.25) is 5.02 Å². The van der Waals surface area contributed by atoms with E-state index >= 15 is 0 Å². The van der Waals surface area contributed by atoms with Gasteiger partial charge in [-0.25, -0.2) is 0 Å². The Hall–Kier alpha value is -1.93. The molecular weight excluding hydrogens is 244 g/mol. The van der Waals surface area contributed by atoms with Crippen LogP contribution in [0, 0.1) is 0 Å². The van der Waals surface area contributed by atoms with E-state index in [-0.39, 0.29) is 0 Å². The van der Waals surface area contributed by atoms with Crippen LogP contribution < -0.4 is 10.6 Å². The van der Waals surface area contributed by atoms with Gasteiger partial charge in [0.2, 0.25) is 0 Å². The molecule has 0 atom stereocenters. The Morgan fingerprint density at radius 3 is 2.44 bits per heavy atom. The molecule has 2 aromatic rings. The molecule has 3 heteroatoms. The minimum absolute atomic E-state index is 0.726. The molecular formula is C15H15ClN2. The van der Waals surface area contributed by atoms with Crippen molar-refractivity contribution in [3.05, 3.63) is 71.9 Å². The maximum atomic E-state index is 6.03. The molecule has 2 nitrogen and oxygen atoms in total. The molecule has 92 valence electrons. The minimum Gasteiger partial charge on any atom is -0.380 e. The molecule has 0 amide bonds. The molecule has 0 unspecified atom stereocenters. The standard InChI is InChI=1S/C15H15ClN2/c16-14-9-4-5-10-15(14)18-12-6-11-17-13-7-2-1-3-8-13/h1-11,17-18H,12H2. The van der Waals surface area contributed by atoms with Gasteiger partial charge < -0.3 is 10.6 Å². The lowest BCUT2D eigenvalue weighted by atomic mass is 10.3. The number of nitrogens with one attached hydrogen (secondary N) is 2. The SMILES string of the molecule is Clc1ccccc1NCC=CNc1ccccc1. The zero-order valence-electron chi connectivity index (χ0n) is 9.94. The number of para-hydroxylation sites is 2. The lowest BCUT2D eigenvalue weighted by Gasteiger charge is -2.05. The van der Waals surface area contributed by atoms with Gasteiger partial charge in [0.1, 0.15) is 0 Å². The highest BCUT2D eigenvalue weighted by atomic mass is 35.5. The smallest absolute Gasteiger partial charge is 0.0637 e. The van der Waals surface area contributed by atoms with Crippen LogP contribution in [-0.2, 0) is 0 Å². The van der Waals surface area contributed by atoms with Crippen molar-refractivity contribution in [1.29, 1.82) is 0 Å². The highest BCUT2D eigenvalue weighted by Gasteiger charge is 1.94. The lowest BCUT2D eigenvalue weighted by molar-refractivity contribution is 1.33.